The topological polar surface area (TPSA) is 55.6 Å². The number of amides is 1. The quantitative estimate of drug-likeness (QED) is 0.629. The highest BCUT2D eigenvalue weighted by Gasteiger charge is 2.17. The first-order chi connectivity index (χ1) is 8.08. The van der Waals surface area contributed by atoms with E-state index in [1.807, 2.05) is 24.3 Å². The van der Waals surface area contributed by atoms with Gasteiger partial charge in [-0.15, -0.1) is 0 Å². The van der Waals surface area contributed by atoms with Crippen LogP contribution in [0.1, 0.15) is 31.2 Å². The van der Waals surface area contributed by atoms with Gasteiger partial charge in [0.1, 0.15) is 0 Å². The molecule has 0 aliphatic carbocycles. The molecular weight excluding hydrogens is 216 g/mol. The summed E-state index contributed by atoms with van der Waals surface area (Å²) in [7, 11) is 3.10. The van der Waals surface area contributed by atoms with Crippen molar-refractivity contribution in [2.24, 2.45) is 0 Å². The standard InChI is InChI=1S/C13H20N2O2/c1-4-10(9-13(16)15(2)17-3)11-6-5-7-12(14)8-11/h5-8,10H,4,9,14H2,1-3H3/t10-/m1/s1. The van der Waals surface area contributed by atoms with Crippen LogP contribution in [0.2, 0.25) is 0 Å². The average Bonchev–Trinajstić information content (AvgIpc) is 2.34. The number of hydroxylamine groups is 2. The first-order valence-electron chi connectivity index (χ1n) is 5.74. The number of nitrogens with zero attached hydrogens (tertiary/aromatic N) is 1. The zero-order valence-electron chi connectivity index (χ0n) is 10.6. The second-order valence-corrected chi connectivity index (χ2v) is 4.05. The van der Waals surface area contributed by atoms with E-state index in [1.54, 1.807) is 7.05 Å². The van der Waals surface area contributed by atoms with Crippen molar-refractivity contribution in [1.82, 2.24) is 5.06 Å². The molecule has 0 aliphatic rings. The van der Waals surface area contributed by atoms with Crippen molar-refractivity contribution < 1.29 is 9.63 Å². The van der Waals surface area contributed by atoms with Crippen molar-refractivity contribution in [3.8, 4) is 0 Å². The van der Waals surface area contributed by atoms with Crippen LogP contribution >= 0.6 is 0 Å². The van der Waals surface area contributed by atoms with Crippen LogP contribution in [0.15, 0.2) is 24.3 Å². The van der Waals surface area contributed by atoms with E-state index in [0.29, 0.717) is 6.42 Å². The Morgan fingerprint density at radius 3 is 2.76 bits per heavy atom. The summed E-state index contributed by atoms with van der Waals surface area (Å²) < 4.78 is 0. The zero-order chi connectivity index (χ0) is 12.8. The Labute approximate surface area is 102 Å². The molecule has 1 atom stereocenters. The number of nitrogen functional groups attached to an aromatic ring is 1. The summed E-state index contributed by atoms with van der Waals surface area (Å²) in [6.45, 7) is 2.06. The van der Waals surface area contributed by atoms with Crippen LogP contribution in [0.3, 0.4) is 0 Å². The van der Waals surface area contributed by atoms with Crippen molar-refractivity contribution in [3.63, 3.8) is 0 Å². The second kappa shape index (κ2) is 6.25. The molecule has 0 radical (unpaired) electrons. The number of rotatable bonds is 5. The molecule has 1 rings (SSSR count). The van der Waals surface area contributed by atoms with Gasteiger partial charge in [-0.1, -0.05) is 19.1 Å². The SMILES string of the molecule is CC[C@H](CC(=O)N(C)OC)c1cccc(N)c1. The molecule has 0 saturated carbocycles. The molecule has 0 aromatic heterocycles. The molecular formula is C13H20N2O2. The smallest absolute Gasteiger partial charge is 0.246 e. The monoisotopic (exact) mass is 236 g/mol. The molecule has 0 heterocycles. The summed E-state index contributed by atoms with van der Waals surface area (Å²) in [4.78, 5) is 16.6. The van der Waals surface area contributed by atoms with Gasteiger partial charge in [-0.25, -0.2) is 5.06 Å². The van der Waals surface area contributed by atoms with Gasteiger partial charge in [0.05, 0.1) is 7.11 Å². The Kier molecular flexibility index (Phi) is 4.97. The Morgan fingerprint density at radius 1 is 1.53 bits per heavy atom. The predicted octanol–water partition coefficient (Wildman–Crippen LogP) is 2.17. The van der Waals surface area contributed by atoms with Crippen molar-refractivity contribution in [2.75, 3.05) is 19.9 Å². The molecule has 1 aromatic rings. The molecule has 2 N–H and O–H groups in total. The predicted molar refractivity (Wildman–Crippen MR) is 68.3 cm³/mol. The molecule has 94 valence electrons. The minimum absolute atomic E-state index is 0.0261. The van der Waals surface area contributed by atoms with E-state index in [-0.39, 0.29) is 11.8 Å². The molecule has 0 spiro atoms. The fourth-order valence-electron chi connectivity index (χ4n) is 1.75. The van der Waals surface area contributed by atoms with Crippen molar-refractivity contribution >= 4 is 11.6 Å². The fourth-order valence-corrected chi connectivity index (χ4v) is 1.75. The van der Waals surface area contributed by atoms with Gasteiger partial charge in [-0.05, 0) is 30.0 Å². The van der Waals surface area contributed by atoms with Gasteiger partial charge >= 0.3 is 0 Å². The maximum Gasteiger partial charge on any atom is 0.246 e. The summed E-state index contributed by atoms with van der Waals surface area (Å²) in [6.07, 6.45) is 1.33. The number of benzene rings is 1. The highest BCUT2D eigenvalue weighted by molar-refractivity contribution is 5.75. The van der Waals surface area contributed by atoms with Crippen LogP contribution in [-0.4, -0.2) is 25.1 Å². The summed E-state index contributed by atoms with van der Waals surface area (Å²) in [5.41, 5.74) is 7.58. The van der Waals surface area contributed by atoms with E-state index in [0.717, 1.165) is 17.7 Å². The van der Waals surface area contributed by atoms with Crippen LogP contribution in [0, 0.1) is 0 Å². The van der Waals surface area contributed by atoms with Crippen LogP contribution in [0.5, 0.6) is 0 Å². The minimum atomic E-state index is -0.0261. The van der Waals surface area contributed by atoms with Crippen LogP contribution < -0.4 is 5.73 Å². The third-order valence-corrected chi connectivity index (χ3v) is 2.92. The first-order valence-corrected chi connectivity index (χ1v) is 5.74. The van der Waals surface area contributed by atoms with Crippen molar-refractivity contribution in [2.45, 2.75) is 25.7 Å². The fraction of sp³-hybridized carbons (Fsp3) is 0.462. The summed E-state index contributed by atoms with van der Waals surface area (Å²) in [5, 5.41) is 1.26. The van der Waals surface area contributed by atoms with Crippen molar-refractivity contribution in [3.05, 3.63) is 29.8 Å². The third kappa shape index (κ3) is 3.75. The lowest BCUT2D eigenvalue weighted by molar-refractivity contribution is -0.169. The number of anilines is 1. The molecule has 1 amide bonds. The Hall–Kier alpha value is -1.55. The van der Waals surface area contributed by atoms with E-state index in [4.69, 9.17) is 10.6 Å². The molecule has 4 nitrogen and oxygen atoms in total. The third-order valence-electron chi connectivity index (χ3n) is 2.92. The van der Waals surface area contributed by atoms with Gasteiger partial charge in [0.2, 0.25) is 5.91 Å². The van der Waals surface area contributed by atoms with Gasteiger partial charge in [0.25, 0.3) is 0 Å². The molecule has 0 saturated heterocycles. The molecule has 17 heavy (non-hydrogen) atoms. The lowest BCUT2D eigenvalue weighted by Crippen LogP contribution is -2.26. The average molecular weight is 236 g/mol. The maximum absolute atomic E-state index is 11.8. The van der Waals surface area contributed by atoms with E-state index >= 15 is 0 Å². The minimum Gasteiger partial charge on any atom is -0.399 e. The summed E-state index contributed by atoms with van der Waals surface area (Å²) >= 11 is 0. The van der Waals surface area contributed by atoms with E-state index in [2.05, 4.69) is 6.92 Å². The summed E-state index contributed by atoms with van der Waals surface area (Å²) in [5.74, 6) is 0.158. The Bertz CT molecular complexity index is 379. The highest BCUT2D eigenvalue weighted by Crippen LogP contribution is 2.25. The molecule has 1 aromatic carbocycles. The molecule has 4 heteroatoms. The molecule has 0 unspecified atom stereocenters. The maximum atomic E-state index is 11.8. The number of nitrogens with two attached hydrogens (primary N) is 1. The van der Waals surface area contributed by atoms with Crippen molar-refractivity contribution in [1.29, 1.82) is 0 Å². The molecule has 0 bridgehead atoms. The number of carbonyl (C=O) groups is 1. The largest absolute Gasteiger partial charge is 0.399 e. The van der Waals surface area contributed by atoms with Crippen LogP contribution in [0.4, 0.5) is 5.69 Å². The normalized spacial score (nSPS) is 12.2. The van der Waals surface area contributed by atoms with Crippen LogP contribution in [-0.2, 0) is 9.63 Å². The van der Waals surface area contributed by atoms with Gasteiger partial charge in [0, 0.05) is 19.2 Å². The zero-order valence-corrected chi connectivity index (χ0v) is 10.6. The first kappa shape index (κ1) is 13.5. The Balaban J connectivity index is 2.75. The summed E-state index contributed by atoms with van der Waals surface area (Å²) in [6, 6.07) is 7.69. The van der Waals surface area contributed by atoms with E-state index < -0.39 is 0 Å². The van der Waals surface area contributed by atoms with E-state index in [1.165, 1.54) is 12.2 Å². The lowest BCUT2D eigenvalue weighted by atomic mass is 9.92. The second-order valence-electron chi connectivity index (χ2n) is 4.05. The van der Waals surface area contributed by atoms with E-state index in [9.17, 15) is 4.79 Å². The van der Waals surface area contributed by atoms with Gasteiger partial charge in [-0.3, -0.25) is 9.63 Å². The highest BCUT2D eigenvalue weighted by atomic mass is 16.7. The molecule has 0 aliphatic heterocycles. The van der Waals surface area contributed by atoms with Gasteiger partial charge < -0.3 is 5.73 Å². The molecule has 0 fully saturated rings. The Morgan fingerprint density at radius 2 is 2.24 bits per heavy atom. The number of hydrogen-bond acceptors (Lipinski definition) is 3. The van der Waals surface area contributed by atoms with Crippen LogP contribution in [0.25, 0.3) is 0 Å². The number of hydrogen-bond donors (Lipinski definition) is 1. The number of carbonyl (C=O) groups excluding carboxylic acids is 1. The van der Waals surface area contributed by atoms with Gasteiger partial charge in [0.15, 0.2) is 0 Å². The van der Waals surface area contributed by atoms with Gasteiger partial charge in [-0.2, -0.15) is 0 Å². The lowest BCUT2D eigenvalue weighted by Gasteiger charge is -2.19.